The summed E-state index contributed by atoms with van der Waals surface area (Å²) in [5.74, 6) is -0.188. The van der Waals surface area contributed by atoms with Crippen LogP contribution in [0.2, 0.25) is 0 Å². The van der Waals surface area contributed by atoms with Gasteiger partial charge in [-0.3, -0.25) is 14.8 Å². The third kappa shape index (κ3) is 3.96. The number of aromatic nitrogens is 2. The molecule has 1 amide bonds. The summed E-state index contributed by atoms with van der Waals surface area (Å²) < 4.78 is 0. The minimum absolute atomic E-state index is 0.188. The first-order valence-electron chi connectivity index (χ1n) is 9.09. The van der Waals surface area contributed by atoms with Crippen LogP contribution in [0.4, 0.5) is 0 Å². The van der Waals surface area contributed by atoms with Crippen molar-refractivity contribution in [2.24, 2.45) is 0 Å². The molecule has 2 aromatic heterocycles. The van der Waals surface area contributed by atoms with Gasteiger partial charge in [0, 0.05) is 29.4 Å². The molecule has 1 unspecified atom stereocenters. The van der Waals surface area contributed by atoms with E-state index in [1.807, 2.05) is 78.9 Å². The maximum Gasteiger partial charge on any atom is 0.244 e. The predicted octanol–water partition coefficient (Wildman–Crippen LogP) is 4.55. The Balaban J connectivity index is 1.59. The minimum atomic E-state index is -0.315. The normalized spacial score (nSPS) is 12.1. The van der Waals surface area contributed by atoms with Gasteiger partial charge in [0.05, 0.1) is 17.3 Å². The van der Waals surface area contributed by atoms with Gasteiger partial charge in [-0.2, -0.15) is 0 Å². The van der Waals surface area contributed by atoms with Crippen LogP contribution < -0.4 is 5.32 Å². The average molecular weight is 365 g/mol. The number of pyridine rings is 2. The molecule has 0 aliphatic rings. The molecule has 2 aromatic carbocycles. The molecular formula is C24H19N3O. The number of carbonyl (C=O) groups excluding carboxylic acids is 1. The maximum absolute atomic E-state index is 12.7. The van der Waals surface area contributed by atoms with Gasteiger partial charge in [-0.1, -0.05) is 60.7 Å². The van der Waals surface area contributed by atoms with E-state index in [2.05, 4.69) is 15.3 Å². The zero-order valence-electron chi connectivity index (χ0n) is 15.2. The molecular weight excluding hydrogens is 346 g/mol. The molecule has 4 aromatic rings. The number of amides is 1. The molecule has 0 radical (unpaired) electrons. The van der Waals surface area contributed by atoms with Crippen molar-refractivity contribution in [2.45, 2.75) is 6.04 Å². The quantitative estimate of drug-likeness (QED) is 0.528. The highest BCUT2D eigenvalue weighted by Crippen LogP contribution is 2.20. The molecule has 1 N–H and O–H groups in total. The van der Waals surface area contributed by atoms with Gasteiger partial charge < -0.3 is 5.32 Å². The number of nitrogens with one attached hydrogen (secondary N) is 1. The highest BCUT2D eigenvalue weighted by molar-refractivity contribution is 5.95. The van der Waals surface area contributed by atoms with Gasteiger partial charge in [-0.05, 0) is 29.8 Å². The highest BCUT2D eigenvalue weighted by Gasteiger charge is 2.16. The Kier molecular flexibility index (Phi) is 5.20. The first-order valence-corrected chi connectivity index (χ1v) is 9.09. The number of carbonyl (C=O) groups is 1. The van der Waals surface area contributed by atoms with Gasteiger partial charge in [0.15, 0.2) is 0 Å². The second-order valence-electron chi connectivity index (χ2n) is 6.36. The fourth-order valence-electron chi connectivity index (χ4n) is 3.14. The van der Waals surface area contributed by atoms with Crippen LogP contribution in [-0.4, -0.2) is 15.9 Å². The van der Waals surface area contributed by atoms with Crippen molar-refractivity contribution in [2.75, 3.05) is 0 Å². The van der Waals surface area contributed by atoms with E-state index in [1.165, 1.54) is 0 Å². The average Bonchev–Trinajstić information content (AvgIpc) is 2.77. The molecule has 0 spiro atoms. The number of hydrogen-bond acceptors (Lipinski definition) is 3. The zero-order valence-corrected chi connectivity index (χ0v) is 15.2. The Morgan fingerprint density at radius 3 is 2.43 bits per heavy atom. The number of benzene rings is 2. The number of para-hydroxylation sites is 1. The molecule has 4 nitrogen and oxygen atoms in total. The van der Waals surface area contributed by atoms with Gasteiger partial charge in [0.1, 0.15) is 0 Å². The van der Waals surface area contributed by atoms with Gasteiger partial charge in [-0.25, -0.2) is 0 Å². The van der Waals surface area contributed by atoms with Gasteiger partial charge in [-0.15, -0.1) is 0 Å². The van der Waals surface area contributed by atoms with E-state index < -0.39 is 0 Å². The van der Waals surface area contributed by atoms with Gasteiger partial charge in [0.25, 0.3) is 0 Å². The molecule has 0 saturated carbocycles. The minimum Gasteiger partial charge on any atom is -0.340 e. The second kappa shape index (κ2) is 8.27. The summed E-state index contributed by atoms with van der Waals surface area (Å²) in [6.45, 7) is 0. The Labute approximate surface area is 163 Å². The molecule has 4 heteroatoms. The van der Waals surface area contributed by atoms with E-state index in [4.69, 9.17) is 0 Å². The number of rotatable bonds is 5. The highest BCUT2D eigenvalue weighted by atomic mass is 16.1. The second-order valence-corrected chi connectivity index (χ2v) is 6.36. The Hall–Kier alpha value is -3.79. The van der Waals surface area contributed by atoms with E-state index in [-0.39, 0.29) is 11.9 Å². The number of hydrogen-bond donors (Lipinski definition) is 1. The fraction of sp³-hybridized carbons (Fsp3) is 0.0417. The van der Waals surface area contributed by atoms with Gasteiger partial charge >= 0.3 is 0 Å². The summed E-state index contributed by atoms with van der Waals surface area (Å²) in [5.41, 5.74) is 3.55. The van der Waals surface area contributed by atoms with Crippen LogP contribution in [0.5, 0.6) is 0 Å². The van der Waals surface area contributed by atoms with E-state index in [0.717, 1.165) is 27.7 Å². The van der Waals surface area contributed by atoms with E-state index in [0.29, 0.717) is 0 Å². The zero-order chi connectivity index (χ0) is 19.2. The lowest BCUT2D eigenvalue weighted by Crippen LogP contribution is -2.28. The molecule has 2 heterocycles. The Bertz CT molecular complexity index is 1060. The van der Waals surface area contributed by atoms with Gasteiger partial charge in [0.2, 0.25) is 5.91 Å². The lowest BCUT2D eigenvalue weighted by Gasteiger charge is -2.18. The molecule has 28 heavy (non-hydrogen) atoms. The molecule has 4 rings (SSSR count). The predicted molar refractivity (Wildman–Crippen MR) is 111 cm³/mol. The van der Waals surface area contributed by atoms with Crippen molar-refractivity contribution in [3.05, 3.63) is 114 Å². The molecule has 1 atom stereocenters. The SMILES string of the molecule is O=C(/C=C/c1cccc2cccnc12)NC(c1ccccc1)c1ccccn1. The van der Waals surface area contributed by atoms with Crippen LogP contribution in [0.25, 0.3) is 17.0 Å². The lowest BCUT2D eigenvalue weighted by atomic mass is 10.0. The fourth-order valence-corrected chi connectivity index (χ4v) is 3.14. The molecule has 0 bridgehead atoms. The first-order chi connectivity index (χ1) is 13.8. The Morgan fingerprint density at radius 1 is 0.821 bits per heavy atom. The van der Waals surface area contributed by atoms with Crippen LogP contribution in [0.1, 0.15) is 22.9 Å². The van der Waals surface area contributed by atoms with Crippen molar-refractivity contribution < 1.29 is 4.79 Å². The summed E-state index contributed by atoms with van der Waals surface area (Å²) >= 11 is 0. The van der Waals surface area contributed by atoms with Crippen molar-refractivity contribution in [1.82, 2.24) is 15.3 Å². The van der Waals surface area contributed by atoms with Crippen LogP contribution in [0.15, 0.2) is 97.3 Å². The smallest absolute Gasteiger partial charge is 0.244 e. The van der Waals surface area contributed by atoms with Crippen LogP contribution in [-0.2, 0) is 4.79 Å². The topological polar surface area (TPSA) is 54.9 Å². The summed E-state index contributed by atoms with van der Waals surface area (Å²) in [4.78, 5) is 21.5. The van der Waals surface area contributed by atoms with Crippen LogP contribution in [0, 0.1) is 0 Å². The van der Waals surface area contributed by atoms with Crippen molar-refractivity contribution in [3.63, 3.8) is 0 Å². The standard InChI is InChI=1S/C24H19N3O/c28-22(15-14-20-11-6-10-18-12-7-17-26-23(18)20)27-24(19-8-2-1-3-9-19)21-13-4-5-16-25-21/h1-17,24H,(H,27,28)/b15-14+. The molecule has 0 fully saturated rings. The van der Waals surface area contributed by atoms with E-state index >= 15 is 0 Å². The third-order valence-corrected chi connectivity index (χ3v) is 4.48. The van der Waals surface area contributed by atoms with Crippen molar-refractivity contribution in [3.8, 4) is 0 Å². The molecule has 0 aliphatic carbocycles. The number of nitrogens with zero attached hydrogens (tertiary/aromatic N) is 2. The van der Waals surface area contributed by atoms with Crippen LogP contribution in [0.3, 0.4) is 0 Å². The first kappa shape index (κ1) is 17.6. The Morgan fingerprint density at radius 2 is 1.61 bits per heavy atom. The molecule has 0 saturated heterocycles. The maximum atomic E-state index is 12.7. The monoisotopic (exact) mass is 365 g/mol. The van der Waals surface area contributed by atoms with E-state index in [1.54, 1.807) is 24.5 Å². The van der Waals surface area contributed by atoms with Crippen molar-refractivity contribution in [1.29, 1.82) is 0 Å². The largest absolute Gasteiger partial charge is 0.340 e. The summed E-state index contributed by atoms with van der Waals surface area (Å²) in [5, 5.41) is 4.10. The van der Waals surface area contributed by atoms with E-state index in [9.17, 15) is 4.79 Å². The summed E-state index contributed by atoms with van der Waals surface area (Å²) in [6.07, 6.45) is 6.83. The summed E-state index contributed by atoms with van der Waals surface area (Å²) in [6, 6.07) is 25.0. The van der Waals surface area contributed by atoms with Crippen LogP contribution >= 0.6 is 0 Å². The summed E-state index contributed by atoms with van der Waals surface area (Å²) in [7, 11) is 0. The molecule has 136 valence electrons. The van der Waals surface area contributed by atoms with Crippen molar-refractivity contribution >= 4 is 22.9 Å². The number of fused-ring (bicyclic) bond motifs is 1. The molecule has 0 aliphatic heterocycles. The third-order valence-electron chi connectivity index (χ3n) is 4.48. The lowest BCUT2D eigenvalue weighted by molar-refractivity contribution is -0.116.